The molecule has 0 aliphatic carbocycles. The summed E-state index contributed by atoms with van der Waals surface area (Å²) in [5, 5.41) is 0. The molecule has 0 fully saturated rings. The Hall–Kier alpha value is -1.43. The highest BCUT2D eigenvalue weighted by Gasteiger charge is 1.98. The molecular weight excluding hydrogens is 246 g/mol. The maximum absolute atomic E-state index is 8.74. The molecule has 9 nitrogen and oxygen atoms in total. The Morgan fingerprint density at radius 3 is 2.00 bits per heavy atom. The first-order valence-electron chi connectivity index (χ1n) is 3.22. The maximum atomic E-state index is 8.74. The predicted octanol–water partition coefficient (Wildman–Crippen LogP) is -0.767. The quantitative estimate of drug-likeness (QED) is 0.256. The minimum absolute atomic E-state index is 0.168. The lowest BCUT2D eigenvalue weighted by molar-refractivity contribution is 0.381. The van der Waals surface area contributed by atoms with Gasteiger partial charge in [-0.1, -0.05) is 0 Å². The zero-order chi connectivity index (χ0) is 12.2. The Morgan fingerprint density at radius 2 is 1.67 bits per heavy atom. The van der Waals surface area contributed by atoms with Gasteiger partial charge in [0.2, 0.25) is 0 Å². The first-order chi connectivity index (χ1) is 6.61. The average molecular weight is 255 g/mol. The van der Waals surface area contributed by atoms with Gasteiger partial charge in [0.15, 0.2) is 10.6 Å². The number of rotatable bonds is 0. The summed E-state index contributed by atoms with van der Waals surface area (Å²) in [4.78, 5) is 6.22. The van der Waals surface area contributed by atoms with Crippen LogP contribution in [-0.4, -0.2) is 27.5 Å². The number of hydrogen-bond donors (Lipinski definition) is 6. The van der Waals surface area contributed by atoms with E-state index in [0.29, 0.717) is 0 Å². The van der Waals surface area contributed by atoms with Crippen LogP contribution in [0, 0.1) is 4.77 Å². The Balaban J connectivity index is 0.000000336. The molecule has 9 N–H and O–H groups in total. The van der Waals surface area contributed by atoms with Crippen LogP contribution in [-0.2, 0) is 10.4 Å². The van der Waals surface area contributed by atoms with Gasteiger partial charge in [0.1, 0.15) is 11.5 Å². The van der Waals surface area contributed by atoms with Gasteiger partial charge in [-0.05, 0) is 12.2 Å². The third-order valence-corrected chi connectivity index (χ3v) is 1.22. The molecule has 1 rings (SSSR count). The lowest BCUT2D eigenvalue weighted by atomic mass is 10.4. The average Bonchev–Trinajstić information content (AvgIpc) is 1.96. The van der Waals surface area contributed by atoms with Gasteiger partial charge in [-0.3, -0.25) is 9.11 Å². The van der Waals surface area contributed by atoms with Gasteiger partial charge in [-0.15, -0.1) is 0 Å². The zero-order valence-electron chi connectivity index (χ0n) is 7.21. The predicted molar refractivity (Wildman–Crippen MR) is 56.8 cm³/mol. The van der Waals surface area contributed by atoms with Crippen molar-refractivity contribution in [1.29, 1.82) is 0 Å². The molecule has 0 bridgehead atoms. The third-order valence-electron chi connectivity index (χ3n) is 1.03. The second-order valence-electron chi connectivity index (χ2n) is 2.20. The molecule has 0 aromatic carbocycles. The fraction of sp³-hybridized carbons (Fsp3) is 0. The SMILES string of the molecule is Nc1nc(=S)[nH]c(N)c1N.O=S(=O)(O)O. The molecule has 1 aromatic heterocycles. The fourth-order valence-electron chi connectivity index (χ4n) is 0.518. The van der Waals surface area contributed by atoms with Gasteiger partial charge in [-0.2, -0.15) is 8.42 Å². The van der Waals surface area contributed by atoms with Gasteiger partial charge in [0.05, 0.1) is 0 Å². The molecule has 0 aliphatic rings. The highest BCUT2D eigenvalue weighted by atomic mass is 32.3. The van der Waals surface area contributed by atoms with Crippen LogP contribution in [0.3, 0.4) is 0 Å². The van der Waals surface area contributed by atoms with Gasteiger partial charge in [0.25, 0.3) is 0 Å². The van der Waals surface area contributed by atoms with Gasteiger partial charge in [-0.25, -0.2) is 4.98 Å². The molecule has 1 heterocycles. The molecule has 0 saturated heterocycles. The second kappa shape index (κ2) is 4.88. The standard InChI is InChI=1S/C4H7N5S.H2O4S/c5-1-2(6)8-4(10)9-3(1)7;1-5(2,3)4/h5H2,(H5,6,7,8,9,10);(H2,1,2,3,4). The molecule has 0 radical (unpaired) electrons. The monoisotopic (exact) mass is 255 g/mol. The second-order valence-corrected chi connectivity index (χ2v) is 3.48. The van der Waals surface area contributed by atoms with Crippen LogP contribution in [0.5, 0.6) is 0 Å². The van der Waals surface area contributed by atoms with Crippen LogP contribution >= 0.6 is 12.2 Å². The van der Waals surface area contributed by atoms with E-state index < -0.39 is 10.4 Å². The highest BCUT2D eigenvalue weighted by Crippen LogP contribution is 2.15. The van der Waals surface area contributed by atoms with Crippen molar-refractivity contribution < 1.29 is 17.5 Å². The van der Waals surface area contributed by atoms with E-state index in [-0.39, 0.29) is 22.1 Å². The van der Waals surface area contributed by atoms with E-state index in [1.807, 2.05) is 0 Å². The molecule has 11 heteroatoms. The van der Waals surface area contributed by atoms with Crippen LogP contribution in [0.4, 0.5) is 17.3 Å². The van der Waals surface area contributed by atoms with Crippen LogP contribution in [0.1, 0.15) is 0 Å². The summed E-state index contributed by atoms with van der Waals surface area (Å²) >= 11 is 4.66. The number of aromatic amines is 1. The Bertz CT molecular complexity index is 460. The Labute approximate surface area is 89.9 Å². The van der Waals surface area contributed by atoms with Crippen molar-refractivity contribution in [1.82, 2.24) is 9.97 Å². The normalized spacial score (nSPS) is 10.3. The molecular formula is C4H9N5O4S2. The molecule has 15 heavy (non-hydrogen) atoms. The van der Waals surface area contributed by atoms with E-state index in [2.05, 4.69) is 22.2 Å². The highest BCUT2D eigenvalue weighted by molar-refractivity contribution is 7.79. The van der Waals surface area contributed by atoms with E-state index >= 15 is 0 Å². The van der Waals surface area contributed by atoms with Crippen LogP contribution < -0.4 is 17.2 Å². The summed E-state index contributed by atoms with van der Waals surface area (Å²) in [6.07, 6.45) is 0. The van der Waals surface area contributed by atoms with Gasteiger partial charge >= 0.3 is 10.4 Å². The fourth-order valence-corrected chi connectivity index (χ4v) is 0.726. The summed E-state index contributed by atoms with van der Waals surface area (Å²) in [5.74, 6) is 0.429. The lowest BCUT2D eigenvalue weighted by Crippen LogP contribution is -2.04. The van der Waals surface area contributed by atoms with E-state index in [4.69, 9.17) is 34.7 Å². The lowest BCUT2D eigenvalue weighted by Gasteiger charge is -2.00. The first-order valence-corrected chi connectivity index (χ1v) is 5.02. The maximum Gasteiger partial charge on any atom is 0.394 e. The minimum Gasteiger partial charge on any atom is -0.393 e. The number of hydrogen-bond acceptors (Lipinski definition) is 7. The smallest absolute Gasteiger partial charge is 0.393 e. The number of nitrogens with one attached hydrogen (secondary N) is 1. The number of nitrogen functional groups attached to an aromatic ring is 3. The number of anilines is 3. The molecule has 0 saturated carbocycles. The molecule has 86 valence electrons. The van der Waals surface area contributed by atoms with Crippen LogP contribution in [0.2, 0.25) is 0 Å². The van der Waals surface area contributed by atoms with Crippen molar-refractivity contribution >= 4 is 39.9 Å². The van der Waals surface area contributed by atoms with Crippen molar-refractivity contribution in [2.45, 2.75) is 0 Å². The van der Waals surface area contributed by atoms with E-state index in [1.165, 1.54) is 0 Å². The van der Waals surface area contributed by atoms with Crippen LogP contribution in [0.25, 0.3) is 0 Å². The Kier molecular flexibility index (Phi) is 4.41. The molecule has 0 aliphatic heterocycles. The topological polar surface area (TPSA) is 181 Å². The Morgan fingerprint density at radius 1 is 1.27 bits per heavy atom. The number of nitrogens with zero attached hydrogens (tertiary/aromatic N) is 1. The third kappa shape index (κ3) is 6.62. The first kappa shape index (κ1) is 13.6. The van der Waals surface area contributed by atoms with Crippen molar-refractivity contribution in [2.75, 3.05) is 17.2 Å². The van der Waals surface area contributed by atoms with Crippen molar-refractivity contribution in [3.05, 3.63) is 4.77 Å². The summed E-state index contributed by atoms with van der Waals surface area (Å²) in [5.41, 5.74) is 16.3. The molecule has 0 unspecified atom stereocenters. The van der Waals surface area contributed by atoms with Crippen molar-refractivity contribution in [3.63, 3.8) is 0 Å². The largest absolute Gasteiger partial charge is 0.394 e. The summed E-state index contributed by atoms with van der Waals surface area (Å²) in [6, 6.07) is 0. The van der Waals surface area contributed by atoms with Crippen LogP contribution in [0.15, 0.2) is 0 Å². The summed E-state index contributed by atoms with van der Waals surface area (Å²) in [6.45, 7) is 0. The van der Waals surface area contributed by atoms with E-state index in [1.54, 1.807) is 0 Å². The number of aromatic nitrogens is 2. The van der Waals surface area contributed by atoms with Gasteiger partial charge < -0.3 is 22.2 Å². The molecule has 1 aromatic rings. The van der Waals surface area contributed by atoms with E-state index in [0.717, 1.165) is 0 Å². The van der Waals surface area contributed by atoms with Gasteiger partial charge in [0, 0.05) is 0 Å². The minimum atomic E-state index is -4.67. The number of nitrogens with two attached hydrogens (primary N) is 3. The van der Waals surface area contributed by atoms with Crippen molar-refractivity contribution in [2.24, 2.45) is 0 Å². The summed E-state index contributed by atoms with van der Waals surface area (Å²) < 4.78 is 31.8. The van der Waals surface area contributed by atoms with Crippen molar-refractivity contribution in [3.8, 4) is 0 Å². The molecule has 0 spiro atoms. The zero-order valence-corrected chi connectivity index (χ0v) is 8.84. The summed E-state index contributed by atoms with van der Waals surface area (Å²) in [7, 11) is -4.67. The van der Waals surface area contributed by atoms with E-state index in [9.17, 15) is 0 Å². The number of H-pyrrole nitrogens is 1. The molecule has 0 atom stereocenters. The molecule has 0 amide bonds.